The number of pyridine rings is 1. The Morgan fingerprint density at radius 2 is 2.21 bits per heavy atom. The van der Waals surface area contributed by atoms with Gasteiger partial charge in [-0.05, 0) is 23.8 Å². The Morgan fingerprint density at radius 3 is 2.96 bits per heavy atom. The van der Waals surface area contributed by atoms with Crippen molar-refractivity contribution in [1.82, 2.24) is 15.2 Å². The van der Waals surface area contributed by atoms with Crippen LogP contribution in [-0.2, 0) is 4.79 Å². The lowest BCUT2D eigenvalue weighted by Gasteiger charge is -2.36. The van der Waals surface area contributed by atoms with Crippen molar-refractivity contribution in [3.63, 3.8) is 0 Å². The minimum atomic E-state index is -0.0728. The van der Waals surface area contributed by atoms with Crippen molar-refractivity contribution in [2.45, 2.75) is 6.04 Å². The molecule has 1 aromatic heterocycles. The van der Waals surface area contributed by atoms with E-state index < -0.39 is 0 Å². The van der Waals surface area contributed by atoms with Gasteiger partial charge < -0.3 is 15.0 Å². The molecule has 1 aliphatic rings. The molecule has 1 fully saturated rings. The molecule has 0 radical (unpaired) electrons. The fourth-order valence-electron chi connectivity index (χ4n) is 2.67. The first-order chi connectivity index (χ1) is 11.6. The van der Waals surface area contributed by atoms with Gasteiger partial charge in [-0.2, -0.15) is 0 Å². The molecule has 1 saturated heterocycles. The summed E-state index contributed by atoms with van der Waals surface area (Å²) in [5, 5.41) is 4.16. The summed E-state index contributed by atoms with van der Waals surface area (Å²) in [6, 6.07) is 8.75. The maximum Gasteiger partial charge on any atom is 0.261 e. The van der Waals surface area contributed by atoms with Crippen LogP contribution in [0.15, 0.2) is 42.7 Å². The average Bonchev–Trinajstić information content (AvgIpc) is 2.63. The highest BCUT2D eigenvalue weighted by molar-refractivity contribution is 6.42. The topological polar surface area (TPSA) is 54.5 Å². The first-order valence-electron chi connectivity index (χ1n) is 7.63. The highest BCUT2D eigenvalue weighted by Gasteiger charge is 2.28. The van der Waals surface area contributed by atoms with E-state index in [4.69, 9.17) is 27.9 Å². The number of nitrogens with zero attached hydrogens (tertiary/aromatic N) is 2. The molecule has 1 aliphatic heterocycles. The molecular weight excluding hydrogens is 349 g/mol. The van der Waals surface area contributed by atoms with Gasteiger partial charge in [0, 0.05) is 38.1 Å². The monoisotopic (exact) mass is 365 g/mol. The summed E-state index contributed by atoms with van der Waals surface area (Å²) in [5.41, 5.74) is 1.01. The molecule has 1 atom stereocenters. The molecule has 1 unspecified atom stereocenters. The van der Waals surface area contributed by atoms with Crippen LogP contribution in [0.4, 0.5) is 0 Å². The number of halogens is 2. The Labute approximate surface area is 150 Å². The lowest BCUT2D eigenvalue weighted by atomic mass is 10.1. The molecule has 7 heteroatoms. The van der Waals surface area contributed by atoms with Crippen LogP contribution >= 0.6 is 23.2 Å². The van der Waals surface area contributed by atoms with E-state index in [9.17, 15) is 4.79 Å². The number of amides is 1. The van der Waals surface area contributed by atoms with Gasteiger partial charge in [0.15, 0.2) is 6.61 Å². The third-order valence-corrected chi connectivity index (χ3v) is 4.63. The smallest absolute Gasteiger partial charge is 0.261 e. The number of ether oxygens (including phenoxy) is 1. The van der Waals surface area contributed by atoms with Crippen molar-refractivity contribution >= 4 is 29.1 Å². The van der Waals surface area contributed by atoms with Gasteiger partial charge in [0.05, 0.1) is 16.1 Å². The third kappa shape index (κ3) is 3.98. The van der Waals surface area contributed by atoms with Gasteiger partial charge in [-0.15, -0.1) is 0 Å². The van der Waals surface area contributed by atoms with Crippen molar-refractivity contribution in [1.29, 1.82) is 0 Å². The lowest BCUT2D eigenvalue weighted by Crippen LogP contribution is -2.50. The van der Waals surface area contributed by atoms with Crippen LogP contribution in [0, 0.1) is 0 Å². The van der Waals surface area contributed by atoms with Gasteiger partial charge in [-0.1, -0.05) is 29.3 Å². The molecular formula is C17H17Cl2N3O2. The zero-order valence-corrected chi connectivity index (χ0v) is 14.4. The van der Waals surface area contributed by atoms with Crippen LogP contribution in [0.5, 0.6) is 5.75 Å². The van der Waals surface area contributed by atoms with Gasteiger partial charge in [0.25, 0.3) is 5.91 Å². The molecule has 24 heavy (non-hydrogen) atoms. The van der Waals surface area contributed by atoms with E-state index in [0.717, 1.165) is 12.1 Å². The molecule has 0 spiro atoms. The summed E-state index contributed by atoms with van der Waals surface area (Å²) in [6.45, 7) is 2.04. The van der Waals surface area contributed by atoms with Crippen molar-refractivity contribution in [3.05, 3.63) is 58.3 Å². The number of carbonyl (C=O) groups excluding carboxylic acids is 1. The van der Waals surface area contributed by atoms with Gasteiger partial charge in [-0.25, -0.2) is 0 Å². The van der Waals surface area contributed by atoms with Crippen LogP contribution in [0.2, 0.25) is 10.0 Å². The zero-order valence-electron chi connectivity index (χ0n) is 12.9. The molecule has 2 heterocycles. The van der Waals surface area contributed by atoms with E-state index in [0.29, 0.717) is 28.9 Å². The quantitative estimate of drug-likeness (QED) is 0.904. The fraction of sp³-hybridized carbons (Fsp3) is 0.294. The minimum absolute atomic E-state index is 0.0441. The maximum atomic E-state index is 12.6. The number of hydrogen-bond donors (Lipinski definition) is 1. The average molecular weight is 366 g/mol. The Bertz CT molecular complexity index is 712. The predicted molar refractivity (Wildman–Crippen MR) is 93.5 cm³/mol. The Morgan fingerprint density at radius 1 is 1.33 bits per heavy atom. The van der Waals surface area contributed by atoms with Gasteiger partial charge in [-0.3, -0.25) is 9.78 Å². The predicted octanol–water partition coefficient (Wildman–Crippen LogP) is 2.94. The summed E-state index contributed by atoms with van der Waals surface area (Å²) >= 11 is 11.8. The number of nitrogens with one attached hydrogen (secondary N) is 1. The Hall–Kier alpha value is -1.82. The minimum Gasteiger partial charge on any atom is -0.484 e. The summed E-state index contributed by atoms with van der Waals surface area (Å²) in [4.78, 5) is 18.6. The largest absolute Gasteiger partial charge is 0.484 e. The molecule has 1 amide bonds. The number of piperazine rings is 1. The van der Waals surface area contributed by atoms with Crippen LogP contribution in [0.3, 0.4) is 0 Å². The molecule has 0 aliphatic carbocycles. The van der Waals surface area contributed by atoms with Crippen LogP contribution in [0.25, 0.3) is 0 Å². The number of aromatic nitrogens is 1. The number of carbonyl (C=O) groups is 1. The van der Waals surface area contributed by atoms with E-state index in [1.165, 1.54) is 0 Å². The summed E-state index contributed by atoms with van der Waals surface area (Å²) < 4.78 is 5.57. The van der Waals surface area contributed by atoms with E-state index in [1.54, 1.807) is 30.6 Å². The van der Waals surface area contributed by atoms with Gasteiger partial charge in [0.2, 0.25) is 0 Å². The van der Waals surface area contributed by atoms with E-state index in [1.807, 2.05) is 17.0 Å². The van der Waals surface area contributed by atoms with Crippen LogP contribution < -0.4 is 10.1 Å². The SMILES string of the molecule is O=C(COc1ccc(Cl)c(Cl)c1)N1CCNCC1c1cccnc1. The normalized spacial score (nSPS) is 17.6. The van der Waals surface area contributed by atoms with E-state index in [2.05, 4.69) is 10.3 Å². The maximum absolute atomic E-state index is 12.6. The van der Waals surface area contributed by atoms with Gasteiger partial charge in [0.1, 0.15) is 5.75 Å². The fourth-order valence-corrected chi connectivity index (χ4v) is 2.96. The molecule has 0 bridgehead atoms. The van der Waals surface area contributed by atoms with Gasteiger partial charge >= 0.3 is 0 Å². The van der Waals surface area contributed by atoms with Crippen molar-refractivity contribution in [3.8, 4) is 5.75 Å². The number of hydrogen-bond acceptors (Lipinski definition) is 4. The molecule has 126 valence electrons. The second kappa shape index (κ2) is 7.83. The van der Waals surface area contributed by atoms with Crippen LogP contribution in [-0.4, -0.2) is 42.0 Å². The van der Waals surface area contributed by atoms with E-state index >= 15 is 0 Å². The molecule has 1 aromatic carbocycles. The number of benzene rings is 1. The Balaban J connectivity index is 1.67. The second-order valence-corrected chi connectivity index (χ2v) is 6.27. The molecule has 5 nitrogen and oxygen atoms in total. The van der Waals surface area contributed by atoms with Crippen LogP contribution in [0.1, 0.15) is 11.6 Å². The Kier molecular flexibility index (Phi) is 5.56. The number of rotatable bonds is 4. The molecule has 3 rings (SSSR count). The standard InChI is InChI=1S/C17H17Cl2N3O2/c18-14-4-3-13(8-15(14)19)24-11-17(23)22-7-6-21-10-16(22)12-2-1-5-20-9-12/h1-5,8-9,16,21H,6-7,10-11H2. The second-order valence-electron chi connectivity index (χ2n) is 5.46. The molecule has 2 aromatic rings. The molecule has 1 N–H and O–H groups in total. The van der Waals surface area contributed by atoms with Crippen molar-refractivity contribution in [2.24, 2.45) is 0 Å². The highest BCUT2D eigenvalue weighted by Crippen LogP contribution is 2.27. The van der Waals surface area contributed by atoms with Crippen molar-refractivity contribution < 1.29 is 9.53 Å². The summed E-state index contributed by atoms with van der Waals surface area (Å²) in [7, 11) is 0. The molecule has 0 saturated carbocycles. The van der Waals surface area contributed by atoms with Crippen molar-refractivity contribution in [2.75, 3.05) is 26.2 Å². The highest BCUT2D eigenvalue weighted by atomic mass is 35.5. The summed E-state index contributed by atoms with van der Waals surface area (Å²) in [5.74, 6) is 0.447. The first-order valence-corrected chi connectivity index (χ1v) is 8.38. The van der Waals surface area contributed by atoms with E-state index in [-0.39, 0.29) is 18.6 Å². The zero-order chi connectivity index (χ0) is 16.9. The summed E-state index contributed by atoms with van der Waals surface area (Å²) in [6.07, 6.45) is 3.51. The third-order valence-electron chi connectivity index (χ3n) is 3.89. The lowest BCUT2D eigenvalue weighted by molar-refractivity contribution is -0.136. The first kappa shape index (κ1) is 17.0.